The Hall–Kier alpha value is -1.95. The third-order valence-electron chi connectivity index (χ3n) is 2.57. The summed E-state index contributed by atoms with van der Waals surface area (Å²) in [5.74, 6) is -1.50. The molecule has 98 valence electrons. The summed E-state index contributed by atoms with van der Waals surface area (Å²) in [5, 5.41) is 8.87. The largest absolute Gasteiger partial charge is 0.478 e. The maximum absolute atomic E-state index is 13.1. The van der Waals surface area contributed by atoms with Gasteiger partial charge in [-0.1, -0.05) is 6.07 Å². The number of hydrogen-bond donors (Lipinski definition) is 1. The van der Waals surface area contributed by atoms with Crippen LogP contribution in [-0.4, -0.2) is 15.6 Å². The lowest BCUT2D eigenvalue weighted by Crippen LogP contribution is -2.20. The Morgan fingerprint density at radius 1 is 1.32 bits per heavy atom. The van der Waals surface area contributed by atoms with E-state index in [4.69, 9.17) is 5.11 Å². The number of carbonyl (C=O) groups is 1. The van der Waals surface area contributed by atoms with Crippen LogP contribution in [0.2, 0.25) is 0 Å². The molecule has 0 spiro atoms. The van der Waals surface area contributed by atoms with Gasteiger partial charge >= 0.3 is 5.97 Å². The molecule has 19 heavy (non-hydrogen) atoms. The molecule has 0 bridgehead atoms. The maximum Gasteiger partial charge on any atom is 0.337 e. The number of rotatable bonds is 3. The van der Waals surface area contributed by atoms with E-state index < -0.39 is 11.8 Å². The Balaban J connectivity index is 2.37. The van der Waals surface area contributed by atoms with Gasteiger partial charge in [0.1, 0.15) is 5.82 Å². The molecule has 0 aliphatic carbocycles. The highest BCUT2D eigenvalue weighted by Gasteiger charge is 2.07. The minimum atomic E-state index is -1.10. The first kappa shape index (κ1) is 13.5. The summed E-state index contributed by atoms with van der Waals surface area (Å²) in [6, 6.07) is 6.82. The highest BCUT2D eigenvalue weighted by molar-refractivity contribution is 9.10. The van der Waals surface area contributed by atoms with Gasteiger partial charge in [-0.3, -0.25) is 4.79 Å². The Bertz CT molecular complexity index is 697. The minimum absolute atomic E-state index is 0.0285. The molecule has 0 aliphatic rings. The van der Waals surface area contributed by atoms with E-state index in [0.717, 1.165) is 0 Å². The van der Waals surface area contributed by atoms with Crippen molar-refractivity contribution in [1.29, 1.82) is 0 Å². The zero-order valence-electron chi connectivity index (χ0n) is 9.64. The fourth-order valence-electron chi connectivity index (χ4n) is 1.62. The molecule has 1 heterocycles. The number of halogens is 2. The van der Waals surface area contributed by atoms with E-state index in [0.29, 0.717) is 10.0 Å². The summed E-state index contributed by atoms with van der Waals surface area (Å²) in [6.45, 7) is 0.179. The first-order chi connectivity index (χ1) is 8.97. The molecule has 0 fully saturated rings. The summed E-state index contributed by atoms with van der Waals surface area (Å²) in [7, 11) is 0. The van der Waals surface area contributed by atoms with Gasteiger partial charge in [0.2, 0.25) is 0 Å². The van der Waals surface area contributed by atoms with Crippen molar-refractivity contribution in [2.45, 2.75) is 6.54 Å². The number of nitrogens with zero attached hydrogens (tertiary/aromatic N) is 1. The van der Waals surface area contributed by atoms with Gasteiger partial charge < -0.3 is 9.67 Å². The Kier molecular flexibility index (Phi) is 3.80. The van der Waals surface area contributed by atoms with Crippen molar-refractivity contribution in [2.24, 2.45) is 0 Å². The first-order valence-electron chi connectivity index (χ1n) is 5.35. The summed E-state index contributed by atoms with van der Waals surface area (Å²) in [4.78, 5) is 22.5. The smallest absolute Gasteiger partial charge is 0.337 e. The van der Waals surface area contributed by atoms with Crippen molar-refractivity contribution in [3.8, 4) is 0 Å². The van der Waals surface area contributed by atoms with Crippen molar-refractivity contribution in [3.05, 3.63) is 68.3 Å². The van der Waals surface area contributed by atoms with Crippen LogP contribution in [0.1, 0.15) is 15.9 Å². The van der Waals surface area contributed by atoms with Gasteiger partial charge in [-0.05, 0) is 39.7 Å². The molecule has 0 unspecified atom stereocenters. The summed E-state index contributed by atoms with van der Waals surface area (Å²) < 4.78 is 14.7. The van der Waals surface area contributed by atoms with Gasteiger partial charge in [-0.15, -0.1) is 0 Å². The van der Waals surface area contributed by atoms with Crippen molar-refractivity contribution in [3.63, 3.8) is 0 Å². The van der Waals surface area contributed by atoms with Gasteiger partial charge in [0, 0.05) is 12.3 Å². The molecule has 0 saturated heterocycles. The van der Waals surface area contributed by atoms with E-state index in [-0.39, 0.29) is 17.7 Å². The van der Waals surface area contributed by atoms with Crippen LogP contribution in [0.4, 0.5) is 4.39 Å². The second kappa shape index (κ2) is 5.36. The van der Waals surface area contributed by atoms with Gasteiger partial charge in [0.25, 0.3) is 5.56 Å². The van der Waals surface area contributed by atoms with E-state index in [1.165, 1.54) is 29.0 Å². The average Bonchev–Trinajstić information content (AvgIpc) is 2.36. The van der Waals surface area contributed by atoms with Crippen LogP contribution in [0, 0.1) is 5.82 Å². The molecule has 0 saturated carbocycles. The number of pyridine rings is 1. The van der Waals surface area contributed by atoms with E-state index in [9.17, 15) is 14.0 Å². The molecule has 0 atom stereocenters. The van der Waals surface area contributed by atoms with Gasteiger partial charge in [0.05, 0.1) is 16.6 Å². The van der Waals surface area contributed by atoms with Crippen LogP contribution in [0.15, 0.2) is 45.8 Å². The number of hydrogen-bond acceptors (Lipinski definition) is 2. The van der Waals surface area contributed by atoms with Gasteiger partial charge in [0.15, 0.2) is 0 Å². The van der Waals surface area contributed by atoms with Crippen LogP contribution in [0.3, 0.4) is 0 Å². The molecule has 2 aromatic rings. The Morgan fingerprint density at radius 2 is 2.05 bits per heavy atom. The van der Waals surface area contributed by atoms with Gasteiger partial charge in [-0.2, -0.15) is 0 Å². The van der Waals surface area contributed by atoms with Crippen molar-refractivity contribution >= 4 is 21.9 Å². The monoisotopic (exact) mass is 325 g/mol. The summed E-state index contributed by atoms with van der Waals surface area (Å²) in [5.41, 5.74) is 0.407. The normalized spacial score (nSPS) is 10.4. The number of aromatic carboxylic acids is 1. The fourth-order valence-corrected chi connectivity index (χ4v) is 2.04. The van der Waals surface area contributed by atoms with Crippen molar-refractivity contribution < 1.29 is 14.3 Å². The lowest BCUT2D eigenvalue weighted by Gasteiger charge is -2.07. The van der Waals surface area contributed by atoms with Crippen LogP contribution in [0.5, 0.6) is 0 Å². The standard InChI is InChI=1S/C13H9BrFNO3/c14-10-5-8(1-3-11(10)15)6-16-7-9(13(18)19)2-4-12(16)17/h1-5,7H,6H2,(H,18,19). The number of carboxylic acids is 1. The molecule has 0 aliphatic heterocycles. The van der Waals surface area contributed by atoms with Crippen molar-refractivity contribution in [2.75, 3.05) is 0 Å². The molecular formula is C13H9BrFNO3. The zero-order chi connectivity index (χ0) is 14.0. The number of aromatic nitrogens is 1. The molecule has 6 heteroatoms. The van der Waals surface area contributed by atoms with Crippen molar-refractivity contribution in [1.82, 2.24) is 4.57 Å². The molecule has 0 amide bonds. The second-order valence-corrected chi connectivity index (χ2v) is 4.79. The quantitative estimate of drug-likeness (QED) is 0.943. The van der Waals surface area contributed by atoms with Crippen LogP contribution < -0.4 is 5.56 Å². The third-order valence-corrected chi connectivity index (χ3v) is 3.18. The third kappa shape index (κ3) is 3.08. The fraction of sp³-hybridized carbons (Fsp3) is 0.0769. The van der Waals surface area contributed by atoms with Crippen LogP contribution in [-0.2, 0) is 6.54 Å². The lowest BCUT2D eigenvalue weighted by atomic mass is 10.2. The van der Waals surface area contributed by atoms with Gasteiger partial charge in [-0.25, -0.2) is 9.18 Å². The number of carboxylic acid groups (broad SMARTS) is 1. The molecule has 0 radical (unpaired) electrons. The highest BCUT2D eigenvalue weighted by atomic mass is 79.9. The molecule has 2 rings (SSSR count). The lowest BCUT2D eigenvalue weighted by molar-refractivity contribution is 0.0696. The van der Waals surface area contributed by atoms with Crippen LogP contribution >= 0.6 is 15.9 Å². The van der Waals surface area contributed by atoms with E-state index >= 15 is 0 Å². The first-order valence-corrected chi connectivity index (χ1v) is 6.14. The van der Waals surface area contributed by atoms with Crippen LogP contribution in [0.25, 0.3) is 0 Å². The predicted octanol–water partition coefficient (Wildman–Crippen LogP) is 2.50. The molecule has 1 N–H and O–H groups in total. The topological polar surface area (TPSA) is 59.3 Å². The Morgan fingerprint density at radius 3 is 2.68 bits per heavy atom. The predicted molar refractivity (Wildman–Crippen MR) is 70.9 cm³/mol. The molecule has 4 nitrogen and oxygen atoms in total. The average molecular weight is 326 g/mol. The summed E-state index contributed by atoms with van der Waals surface area (Å²) in [6.07, 6.45) is 1.27. The SMILES string of the molecule is O=C(O)c1ccc(=O)n(Cc2ccc(F)c(Br)c2)c1. The minimum Gasteiger partial charge on any atom is -0.478 e. The van der Waals surface area contributed by atoms with E-state index in [2.05, 4.69) is 15.9 Å². The Labute approximate surface area is 116 Å². The molecule has 1 aromatic heterocycles. The maximum atomic E-state index is 13.1. The van der Waals surface area contributed by atoms with E-state index in [1.807, 2.05) is 0 Å². The van der Waals surface area contributed by atoms with E-state index in [1.54, 1.807) is 12.1 Å². The zero-order valence-corrected chi connectivity index (χ0v) is 11.2. The summed E-state index contributed by atoms with van der Waals surface area (Å²) >= 11 is 3.06. The highest BCUT2D eigenvalue weighted by Crippen LogP contribution is 2.17. The second-order valence-electron chi connectivity index (χ2n) is 3.94. The molecule has 1 aromatic carbocycles. The number of benzene rings is 1. The molecular weight excluding hydrogens is 317 g/mol.